The van der Waals surface area contributed by atoms with Crippen LogP contribution in [0.1, 0.15) is 37.8 Å². The normalized spacial score (nSPS) is 11.5. The molecule has 2 nitrogen and oxygen atoms in total. The summed E-state index contributed by atoms with van der Waals surface area (Å²) in [5.74, 6) is 1.33. The molecule has 0 heterocycles. The lowest BCUT2D eigenvalue weighted by Crippen LogP contribution is -2.23. The topological polar surface area (TPSA) is 37.3 Å². The number of hydrogen-bond donors (Lipinski definition) is 1. The number of rotatable bonds is 7. The maximum absolute atomic E-state index is 10.9. The average Bonchev–Trinajstić information content (AvgIpc) is 2.28. The van der Waals surface area contributed by atoms with Crippen molar-refractivity contribution in [2.24, 2.45) is 5.41 Å². The number of carbonyl (C=O) groups is 1. The summed E-state index contributed by atoms with van der Waals surface area (Å²) in [7, 11) is 0. The van der Waals surface area contributed by atoms with Crippen LogP contribution < -0.4 is 0 Å². The predicted molar refractivity (Wildman–Crippen MR) is 78.0 cm³/mol. The molecular weight excluding hydrogens is 244 g/mol. The molecule has 0 aromatic heterocycles. The van der Waals surface area contributed by atoms with Crippen LogP contribution >= 0.6 is 11.8 Å². The van der Waals surface area contributed by atoms with Crippen LogP contribution in [0, 0.1) is 12.3 Å². The third-order valence-corrected chi connectivity index (χ3v) is 4.14. The minimum atomic E-state index is -0.703. The summed E-state index contributed by atoms with van der Waals surface area (Å²) in [6.45, 7) is 5.69. The third kappa shape index (κ3) is 5.13. The Morgan fingerprint density at radius 1 is 1.39 bits per heavy atom. The largest absolute Gasteiger partial charge is 0.481 e. The molecule has 0 aliphatic heterocycles. The van der Waals surface area contributed by atoms with Gasteiger partial charge in [-0.25, -0.2) is 0 Å². The summed E-state index contributed by atoms with van der Waals surface area (Å²) in [6, 6.07) is 8.53. The summed E-state index contributed by atoms with van der Waals surface area (Å²) < 4.78 is 0. The van der Waals surface area contributed by atoms with Crippen molar-refractivity contribution in [2.45, 2.75) is 39.4 Å². The molecule has 0 aliphatic rings. The Morgan fingerprint density at radius 2 is 2.11 bits per heavy atom. The van der Waals surface area contributed by atoms with E-state index >= 15 is 0 Å². The second-order valence-corrected chi connectivity index (χ2v) is 6.44. The highest BCUT2D eigenvalue weighted by Gasteiger charge is 2.25. The summed E-state index contributed by atoms with van der Waals surface area (Å²) in [6.07, 6.45) is 1.69. The van der Waals surface area contributed by atoms with Crippen molar-refractivity contribution >= 4 is 17.7 Å². The van der Waals surface area contributed by atoms with Crippen LogP contribution in [-0.4, -0.2) is 16.8 Å². The molecule has 18 heavy (non-hydrogen) atoms. The molecule has 0 unspecified atom stereocenters. The first-order valence-corrected chi connectivity index (χ1v) is 7.44. The molecule has 0 spiro atoms. The van der Waals surface area contributed by atoms with Crippen molar-refractivity contribution < 1.29 is 9.90 Å². The molecule has 1 aromatic rings. The van der Waals surface area contributed by atoms with Gasteiger partial charge in [0.25, 0.3) is 0 Å². The van der Waals surface area contributed by atoms with Gasteiger partial charge in [0.1, 0.15) is 0 Å². The molecule has 1 rings (SSSR count). The van der Waals surface area contributed by atoms with E-state index < -0.39 is 11.4 Å². The number of benzene rings is 1. The standard InChI is InChI=1S/C15H22O2S/c1-12-6-4-7-13(10-12)11-18-9-5-8-15(2,3)14(16)17/h4,6-7,10H,5,8-9,11H2,1-3H3,(H,16,17). The first-order chi connectivity index (χ1) is 8.42. The highest BCUT2D eigenvalue weighted by atomic mass is 32.2. The second-order valence-electron chi connectivity index (χ2n) is 5.33. The van der Waals surface area contributed by atoms with Crippen LogP contribution in [0.25, 0.3) is 0 Å². The first kappa shape index (κ1) is 15.1. The van der Waals surface area contributed by atoms with Crippen LogP contribution in [0.3, 0.4) is 0 Å². The maximum Gasteiger partial charge on any atom is 0.309 e. The van der Waals surface area contributed by atoms with Gasteiger partial charge < -0.3 is 5.11 Å². The summed E-state index contributed by atoms with van der Waals surface area (Å²) >= 11 is 1.87. The van der Waals surface area contributed by atoms with E-state index in [9.17, 15) is 4.79 Å². The summed E-state index contributed by atoms with van der Waals surface area (Å²) in [5, 5.41) is 9.00. The van der Waals surface area contributed by atoms with Crippen molar-refractivity contribution in [1.82, 2.24) is 0 Å². The average molecular weight is 266 g/mol. The molecular formula is C15H22O2S. The van der Waals surface area contributed by atoms with Gasteiger partial charge in [-0.05, 0) is 44.9 Å². The highest BCUT2D eigenvalue weighted by Crippen LogP contribution is 2.24. The van der Waals surface area contributed by atoms with Gasteiger partial charge in [0, 0.05) is 5.75 Å². The second kappa shape index (κ2) is 6.83. The molecule has 0 bridgehead atoms. The van der Waals surface area contributed by atoms with Gasteiger partial charge in [0.05, 0.1) is 5.41 Å². The zero-order chi connectivity index (χ0) is 13.6. The van der Waals surface area contributed by atoms with Gasteiger partial charge in [-0.2, -0.15) is 11.8 Å². The minimum Gasteiger partial charge on any atom is -0.481 e. The molecule has 0 radical (unpaired) electrons. The van der Waals surface area contributed by atoms with E-state index in [4.69, 9.17) is 5.11 Å². The third-order valence-electron chi connectivity index (χ3n) is 3.02. The molecule has 0 aliphatic carbocycles. The molecule has 1 aromatic carbocycles. The Balaban J connectivity index is 2.22. The molecule has 0 saturated carbocycles. The van der Waals surface area contributed by atoms with Gasteiger partial charge >= 0.3 is 5.97 Å². The van der Waals surface area contributed by atoms with Crippen molar-refractivity contribution in [3.63, 3.8) is 0 Å². The van der Waals surface area contributed by atoms with E-state index in [1.807, 2.05) is 11.8 Å². The fourth-order valence-corrected chi connectivity index (χ4v) is 2.62. The number of hydrogen-bond acceptors (Lipinski definition) is 2. The molecule has 0 amide bonds. The molecule has 1 N–H and O–H groups in total. The van der Waals surface area contributed by atoms with Gasteiger partial charge in [-0.15, -0.1) is 0 Å². The molecule has 0 saturated heterocycles. The Kier molecular flexibility index (Phi) is 5.73. The Hall–Kier alpha value is -0.960. The summed E-state index contributed by atoms with van der Waals surface area (Å²) in [5.41, 5.74) is 2.04. The zero-order valence-corrected chi connectivity index (χ0v) is 12.2. The molecule has 0 atom stereocenters. The van der Waals surface area contributed by atoms with E-state index in [1.54, 1.807) is 13.8 Å². The zero-order valence-electron chi connectivity index (χ0n) is 11.4. The molecule has 100 valence electrons. The Morgan fingerprint density at radius 3 is 2.72 bits per heavy atom. The Labute approximate surface area is 114 Å². The van der Waals surface area contributed by atoms with Crippen molar-refractivity contribution in [3.8, 4) is 0 Å². The van der Waals surface area contributed by atoms with Crippen molar-refractivity contribution in [3.05, 3.63) is 35.4 Å². The van der Waals surface area contributed by atoms with Crippen LogP contribution in [0.5, 0.6) is 0 Å². The lowest BCUT2D eigenvalue weighted by Gasteiger charge is -2.18. The monoisotopic (exact) mass is 266 g/mol. The van der Waals surface area contributed by atoms with E-state index in [0.29, 0.717) is 0 Å². The summed E-state index contributed by atoms with van der Waals surface area (Å²) in [4.78, 5) is 10.9. The van der Waals surface area contributed by atoms with E-state index in [2.05, 4.69) is 31.2 Å². The van der Waals surface area contributed by atoms with Crippen LogP contribution in [0.2, 0.25) is 0 Å². The van der Waals surface area contributed by atoms with Crippen LogP contribution in [0.4, 0.5) is 0 Å². The van der Waals surface area contributed by atoms with Gasteiger partial charge in [-0.3, -0.25) is 4.79 Å². The Bertz CT molecular complexity index is 399. The van der Waals surface area contributed by atoms with E-state index in [-0.39, 0.29) is 0 Å². The lowest BCUT2D eigenvalue weighted by atomic mass is 9.88. The van der Waals surface area contributed by atoms with Gasteiger partial charge in [0.15, 0.2) is 0 Å². The SMILES string of the molecule is Cc1cccc(CSCCCC(C)(C)C(=O)O)c1. The number of aliphatic carboxylic acids is 1. The number of aryl methyl sites for hydroxylation is 1. The lowest BCUT2D eigenvalue weighted by molar-refractivity contribution is -0.147. The fourth-order valence-electron chi connectivity index (χ4n) is 1.72. The first-order valence-electron chi connectivity index (χ1n) is 6.28. The predicted octanol–water partition coefficient (Wildman–Crippen LogP) is 4.12. The van der Waals surface area contributed by atoms with E-state index in [1.165, 1.54) is 11.1 Å². The van der Waals surface area contributed by atoms with Crippen molar-refractivity contribution in [1.29, 1.82) is 0 Å². The molecule has 0 fully saturated rings. The van der Waals surface area contributed by atoms with Gasteiger partial charge in [-0.1, -0.05) is 29.8 Å². The fraction of sp³-hybridized carbons (Fsp3) is 0.533. The maximum atomic E-state index is 10.9. The van der Waals surface area contributed by atoms with Crippen molar-refractivity contribution in [2.75, 3.05) is 5.75 Å². The number of thioether (sulfide) groups is 1. The van der Waals surface area contributed by atoms with Crippen LogP contribution in [-0.2, 0) is 10.5 Å². The smallest absolute Gasteiger partial charge is 0.309 e. The highest BCUT2D eigenvalue weighted by molar-refractivity contribution is 7.98. The van der Waals surface area contributed by atoms with Gasteiger partial charge in [0.2, 0.25) is 0 Å². The van der Waals surface area contributed by atoms with E-state index in [0.717, 1.165) is 24.3 Å². The minimum absolute atomic E-state index is 0.593. The quantitative estimate of drug-likeness (QED) is 0.754. The van der Waals surface area contributed by atoms with Crippen LogP contribution in [0.15, 0.2) is 24.3 Å². The number of carboxylic acid groups (broad SMARTS) is 1. The molecule has 3 heteroatoms. The number of carboxylic acids is 1.